The van der Waals surface area contributed by atoms with Crippen molar-refractivity contribution in [2.45, 2.75) is 32.2 Å². The van der Waals surface area contributed by atoms with E-state index >= 15 is 4.39 Å². The van der Waals surface area contributed by atoms with E-state index in [-0.39, 0.29) is 17.6 Å². The van der Waals surface area contributed by atoms with Gasteiger partial charge in [-0.2, -0.15) is 0 Å². The van der Waals surface area contributed by atoms with Gasteiger partial charge in [0, 0.05) is 37.8 Å². The highest BCUT2D eigenvalue weighted by molar-refractivity contribution is 5.88. The Bertz CT molecular complexity index is 1810. The molecule has 0 aliphatic carbocycles. The molecule has 1 atom stereocenters. The molecular weight excluding hydrogens is 537 g/mol. The van der Waals surface area contributed by atoms with Gasteiger partial charge in [-0.25, -0.2) is 24.0 Å². The topological polar surface area (TPSA) is 123 Å². The Kier molecular flexibility index (Phi) is 7.34. The van der Waals surface area contributed by atoms with Crippen molar-refractivity contribution in [2.24, 2.45) is 7.05 Å². The predicted octanol–water partition coefficient (Wildman–Crippen LogP) is 4.95. The van der Waals surface area contributed by atoms with Gasteiger partial charge < -0.3 is 20.3 Å². The van der Waals surface area contributed by atoms with Gasteiger partial charge in [0.25, 0.3) is 0 Å². The van der Waals surface area contributed by atoms with Crippen LogP contribution in [0.1, 0.15) is 24.8 Å². The first kappa shape index (κ1) is 27.1. The van der Waals surface area contributed by atoms with Gasteiger partial charge in [0.05, 0.1) is 16.7 Å². The molecule has 2 aromatic carbocycles. The van der Waals surface area contributed by atoms with Crippen molar-refractivity contribution in [1.82, 2.24) is 35.3 Å². The maximum absolute atomic E-state index is 15.6. The highest BCUT2D eigenvalue weighted by Crippen LogP contribution is 2.33. The summed E-state index contributed by atoms with van der Waals surface area (Å²) >= 11 is 0. The summed E-state index contributed by atoms with van der Waals surface area (Å²) in [5.41, 5.74) is 3.27. The Balaban J connectivity index is 1.25. The summed E-state index contributed by atoms with van der Waals surface area (Å²) in [6.07, 6.45) is 5.56. The minimum Gasteiger partial charge on any atom is -0.457 e. The van der Waals surface area contributed by atoms with Gasteiger partial charge in [-0.05, 0) is 68.7 Å². The third-order valence-corrected chi connectivity index (χ3v) is 7.39. The van der Waals surface area contributed by atoms with Crippen molar-refractivity contribution >= 4 is 45.3 Å². The van der Waals surface area contributed by atoms with Gasteiger partial charge in [-0.1, -0.05) is 11.8 Å². The number of anilines is 3. The van der Waals surface area contributed by atoms with Crippen LogP contribution >= 0.6 is 0 Å². The molecule has 6 rings (SSSR count). The van der Waals surface area contributed by atoms with Crippen molar-refractivity contribution in [2.75, 3.05) is 23.3 Å². The zero-order valence-corrected chi connectivity index (χ0v) is 23.3. The number of nitrogens with zero attached hydrogens (tertiary/aromatic N) is 7. The lowest BCUT2D eigenvalue weighted by atomic mass is 10.1. The van der Waals surface area contributed by atoms with Gasteiger partial charge in [-0.3, -0.25) is 4.79 Å². The second-order valence-corrected chi connectivity index (χ2v) is 10.3. The fourth-order valence-corrected chi connectivity index (χ4v) is 5.14. The molecule has 3 aromatic heterocycles. The molecule has 2 N–H and O–H groups in total. The number of pyridine rings is 1. The maximum atomic E-state index is 15.6. The highest BCUT2D eigenvalue weighted by Gasteiger charge is 2.21. The van der Waals surface area contributed by atoms with E-state index in [1.165, 1.54) is 12.4 Å². The lowest BCUT2D eigenvalue weighted by Crippen LogP contribution is -2.42. The number of nitrogens with one attached hydrogen (secondary N) is 2. The molecule has 0 saturated carbocycles. The van der Waals surface area contributed by atoms with Crippen LogP contribution in [0.2, 0.25) is 0 Å². The van der Waals surface area contributed by atoms with Crippen molar-refractivity contribution in [3.05, 3.63) is 72.8 Å². The van der Waals surface area contributed by atoms with Crippen molar-refractivity contribution in [3.8, 4) is 11.5 Å². The average Bonchev–Trinajstić information content (AvgIpc) is 3.21. The maximum Gasteiger partial charge on any atom is 0.243 e. The van der Waals surface area contributed by atoms with Crippen LogP contribution in [0.15, 0.2) is 61.4 Å². The Hall–Kier alpha value is -5.13. The first-order chi connectivity index (χ1) is 20.4. The Labute approximate surface area is 241 Å². The molecule has 0 radical (unpaired) electrons. The number of carbonyl (C=O) groups is 1. The molecule has 0 bridgehead atoms. The number of carbonyl (C=O) groups excluding carboxylic acids is 1. The molecule has 0 spiro atoms. The third kappa shape index (κ3) is 5.42. The fraction of sp³-hybridized carbons (Fsp3) is 0.267. The number of amides is 1. The summed E-state index contributed by atoms with van der Waals surface area (Å²) < 4.78 is 23.3. The first-order valence-corrected chi connectivity index (χ1v) is 13.7. The second kappa shape index (κ2) is 11.4. The van der Waals surface area contributed by atoms with Crippen LogP contribution in [-0.2, 0) is 11.8 Å². The molecule has 0 unspecified atom stereocenters. The van der Waals surface area contributed by atoms with Crippen LogP contribution in [0.4, 0.5) is 21.7 Å². The minimum absolute atomic E-state index is 0.0135. The summed E-state index contributed by atoms with van der Waals surface area (Å²) in [6, 6.07) is 12.5. The van der Waals surface area contributed by atoms with Crippen molar-refractivity contribution in [1.29, 1.82) is 0 Å². The minimum atomic E-state index is -0.468. The fourth-order valence-electron chi connectivity index (χ4n) is 5.14. The zero-order valence-electron chi connectivity index (χ0n) is 23.3. The highest BCUT2D eigenvalue weighted by atomic mass is 19.1. The summed E-state index contributed by atoms with van der Waals surface area (Å²) in [7, 11) is 1.81. The van der Waals surface area contributed by atoms with Crippen molar-refractivity contribution in [3.63, 3.8) is 0 Å². The monoisotopic (exact) mass is 567 g/mol. The summed E-state index contributed by atoms with van der Waals surface area (Å²) in [6.45, 7) is 6.63. The van der Waals surface area contributed by atoms with Crippen LogP contribution in [0, 0.1) is 12.7 Å². The van der Waals surface area contributed by atoms with Crippen LogP contribution in [0.25, 0.3) is 22.1 Å². The SMILES string of the molecule is C=CC(=O)N[C@@H]1CCCCN(c2ccc3ncnc(Nc4ccc(Oc5ccc6c(c5)nnn6C)c(C)c4F)c3n2)C1. The van der Waals surface area contributed by atoms with E-state index in [9.17, 15) is 4.79 Å². The number of fused-ring (bicyclic) bond motifs is 2. The number of hydrogen-bond acceptors (Lipinski definition) is 9. The zero-order chi connectivity index (χ0) is 29.2. The molecule has 42 heavy (non-hydrogen) atoms. The summed E-state index contributed by atoms with van der Waals surface area (Å²) in [5, 5.41) is 14.2. The van der Waals surface area contributed by atoms with Crippen LogP contribution < -0.4 is 20.3 Å². The van der Waals surface area contributed by atoms with E-state index in [1.807, 2.05) is 25.2 Å². The van der Waals surface area contributed by atoms with E-state index < -0.39 is 5.82 Å². The van der Waals surface area contributed by atoms with E-state index in [2.05, 4.69) is 42.4 Å². The number of aromatic nitrogens is 6. The number of hydrogen-bond donors (Lipinski definition) is 2. The van der Waals surface area contributed by atoms with Crippen LogP contribution in [0.5, 0.6) is 11.5 Å². The lowest BCUT2D eigenvalue weighted by Gasteiger charge is -2.26. The van der Waals surface area contributed by atoms with Gasteiger partial charge in [0.15, 0.2) is 11.6 Å². The molecule has 1 aliphatic heterocycles. The molecule has 11 nitrogen and oxygen atoms in total. The van der Waals surface area contributed by atoms with Crippen LogP contribution in [-0.4, -0.2) is 55.0 Å². The van der Waals surface area contributed by atoms with Gasteiger partial charge in [0.2, 0.25) is 5.91 Å². The molecule has 4 heterocycles. The number of rotatable bonds is 7. The van der Waals surface area contributed by atoms with E-state index in [0.717, 1.165) is 37.1 Å². The van der Waals surface area contributed by atoms with Gasteiger partial charge >= 0.3 is 0 Å². The van der Waals surface area contributed by atoms with E-state index in [4.69, 9.17) is 9.72 Å². The molecule has 214 valence electrons. The molecular formula is C30H30FN9O2. The Morgan fingerprint density at radius 1 is 1.14 bits per heavy atom. The summed E-state index contributed by atoms with van der Waals surface area (Å²) in [5.74, 6) is 1.38. The van der Waals surface area contributed by atoms with Crippen molar-refractivity contribution < 1.29 is 13.9 Å². The molecule has 1 saturated heterocycles. The summed E-state index contributed by atoms with van der Waals surface area (Å²) in [4.78, 5) is 27.7. The van der Waals surface area contributed by atoms with Gasteiger partial charge in [0.1, 0.15) is 34.7 Å². The molecule has 1 aliphatic rings. The predicted molar refractivity (Wildman–Crippen MR) is 159 cm³/mol. The quantitative estimate of drug-likeness (QED) is 0.263. The van der Waals surface area contributed by atoms with Gasteiger partial charge in [-0.15, -0.1) is 5.10 Å². The lowest BCUT2D eigenvalue weighted by molar-refractivity contribution is -0.117. The molecule has 12 heteroatoms. The number of benzene rings is 2. The number of aryl methyl sites for hydroxylation is 1. The largest absolute Gasteiger partial charge is 0.457 e. The molecule has 1 amide bonds. The Morgan fingerprint density at radius 3 is 2.88 bits per heavy atom. The second-order valence-electron chi connectivity index (χ2n) is 10.3. The molecule has 5 aromatic rings. The Morgan fingerprint density at radius 2 is 2.02 bits per heavy atom. The van der Waals surface area contributed by atoms with E-state index in [1.54, 1.807) is 35.9 Å². The normalized spacial score (nSPS) is 15.4. The van der Waals surface area contributed by atoms with Crippen LogP contribution in [0.3, 0.4) is 0 Å². The smallest absolute Gasteiger partial charge is 0.243 e. The number of halogens is 1. The number of ether oxygens (including phenoxy) is 1. The van der Waals surface area contributed by atoms with E-state index in [0.29, 0.717) is 46.0 Å². The third-order valence-electron chi connectivity index (χ3n) is 7.39. The molecule has 1 fully saturated rings. The first-order valence-electron chi connectivity index (χ1n) is 13.7. The standard InChI is InChI=1S/C30H30FN9O2/c1-4-27(41)34-19-7-5-6-14-40(16-19)26-13-10-22-29(36-26)30(33-17-32-22)35-21-9-12-25(18(2)28(21)31)42-20-8-11-24-23(15-20)37-38-39(24)3/h4,8-13,15,17,19H,1,5-7,14,16H2,2-3H3,(H,34,41)(H,32,33,35)/t19-/m1/s1. The average molecular weight is 568 g/mol.